The van der Waals surface area contributed by atoms with Gasteiger partial charge in [-0.2, -0.15) is 8.78 Å². The Balaban J connectivity index is 3.02. The van der Waals surface area contributed by atoms with E-state index in [4.69, 9.17) is 21.4 Å². The first-order chi connectivity index (χ1) is 9.57. The summed E-state index contributed by atoms with van der Waals surface area (Å²) < 4.78 is 32.4. The van der Waals surface area contributed by atoms with Crippen LogP contribution in [0.3, 0.4) is 0 Å². The molecule has 21 heavy (non-hydrogen) atoms. The van der Waals surface area contributed by atoms with Crippen LogP contribution in [0.5, 0.6) is 0 Å². The normalized spacial score (nSPS) is 13.1. The molecule has 0 saturated heterocycles. The van der Waals surface area contributed by atoms with E-state index in [-0.39, 0.29) is 5.56 Å². The number of halogens is 4. The Morgan fingerprint density at radius 2 is 1.95 bits per heavy atom. The molecule has 0 aliphatic rings. The molecule has 0 aliphatic heterocycles. The van der Waals surface area contributed by atoms with Crippen LogP contribution in [0.1, 0.15) is 24.2 Å². The number of hydrogen-bond donors (Lipinski definition) is 1. The highest BCUT2D eigenvalue weighted by molar-refractivity contribution is 14.1. The molecule has 1 atom stereocenters. The molecule has 1 aromatic rings. The third-order valence-corrected chi connectivity index (χ3v) is 4.18. The standard InChI is InChI=1S/C13H12ClF2IO4/c1-6(2)10(13(15,16)12(19)20)21-11(18)7-3-4-8(14)9(17)5-7/h3-6,10H,1-2H3,(H,19,20). The van der Waals surface area contributed by atoms with Crippen LogP contribution in [0.15, 0.2) is 18.2 Å². The summed E-state index contributed by atoms with van der Waals surface area (Å²) in [7, 11) is 0. The van der Waals surface area contributed by atoms with E-state index in [1.165, 1.54) is 32.0 Å². The van der Waals surface area contributed by atoms with E-state index in [1.54, 1.807) is 0 Å². The molecular weight excluding hydrogens is 420 g/mol. The molecule has 1 unspecified atom stereocenters. The minimum atomic E-state index is -4.16. The summed E-state index contributed by atoms with van der Waals surface area (Å²) in [5.74, 6) is -8.39. The highest BCUT2D eigenvalue weighted by Crippen LogP contribution is 2.29. The minimum Gasteiger partial charge on any atom is -0.477 e. The summed E-state index contributed by atoms with van der Waals surface area (Å²) in [6.07, 6.45) is -2.06. The van der Waals surface area contributed by atoms with E-state index in [0.717, 1.165) is 0 Å². The Hall–Kier alpha value is -0.960. The number of carbonyl (C=O) groups is 2. The Morgan fingerprint density at radius 1 is 1.38 bits per heavy atom. The van der Waals surface area contributed by atoms with Crippen molar-refractivity contribution in [2.45, 2.75) is 25.9 Å². The summed E-state index contributed by atoms with van der Waals surface area (Å²) >= 11 is 7.67. The van der Waals surface area contributed by atoms with Crippen molar-refractivity contribution >= 4 is 46.1 Å². The van der Waals surface area contributed by atoms with Gasteiger partial charge in [0.25, 0.3) is 0 Å². The zero-order chi connectivity index (χ0) is 16.4. The predicted octanol–water partition coefficient (Wildman–Crippen LogP) is 3.85. The molecular formula is C13H12ClF2IO4. The molecule has 0 aromatic heterocycles. The molecule has 0 bridgehead atoms. The number of aliphatic carboxylic acids is 1. The number of esters is 1. The maximum Gasteiger partial charge on any atom is 0.378 e. The van der Waals surface area contributed by atoms with Gasteiger partial charge < -0.3 is 9.84 Å². The third-order valence-electron chi connectivity index (χ3n) is 2.64. The van der Waals surface area contributed by atoms with Crippen molar-refractivity contribution in [2.24, 2.45) is 5.92 Å². The number of carboxylic acids is 1. The molecule has 0 amide bonds. The maximum atomic E-state index is 13.6. The van der Waals surface area contributed by atoms with Crippen molar-refractivity contribution in [1.29, 1.82) is 0 Å². The van der Waals surface area contributed by atoms with E-state index in [2.05, 4.69) is 0 Å². The van der Waals surface area contributed by atoms with Gasteiger partial charge >= 0.3 is 17.9 Å². The van der Waals surface area contributed by atoms with Gasteiger partial charge in [-0.25, -0.2) is 9.59 Å². The highest BCUT2D eigenvalue weighted by atomic mass is 127. The molecule has 1 rings (SSSR count). The van der Waals surface area contributed by atoms with Crippen LogP contribution in [0.4, 0.5) is 8.78 Å². The van der Waals surface area contributed by atoms with Crippen LogP contribution in [-0.2, 0) is 9.53 Å². The molecule has 1 N–H and O–H groups in total. The molecule has 8 heteroatoms. The zero-order valence-corrected chi connectivity index (χ0v) is 14.0. The van der Waals surface area contributed by atoms with Crippen LogP contribution in [-0.4, -0.2) is 29.1 Å². The van der Waals surface area contributed by atoms with Crippen molar-refractivity contribution in [1.82, 2.24) is 0 Å². The van der Waals surface area contributed by atoms with Crippen LogP contribution in [0.25, 0.3) is 0 Å². The van der Waals surface area contributed by atoms with E-state index < -0.39 is 29.9 Å². The number of rotatable bonds is 5. The first kappa shape index (κ1) is 18.1. The second-order valence-corrected chi connectivity index (χ2v) is 6.20. The van der Waals surface area contributed by atoms with Crippen molar-refractivity contribution in [3.05, 3.63) is 32.4 Å². The first-order valence-electron chi connectivity index (χ1n) is 5.84. The fraction of sp³-hybridized carbons (Fsp3) is 0.385. The van der Waals surface area contributed by atoms with E-state index >= 15 is 0 Å². The molecule has 0 heterocycles. The van der Waals surface area contributed by atoms with Crippen LogP contribution in [0, 0.1) is 9.49 Å². The lowest BCUT2D eigenvalue weighted by atomic mass is 10.0. The Labute approximate surface area is 138 Å². The molecule has 0 saturated carbocycles. The van der Waals surface area contributed by atoms with Crippen molar-refractivity contribution in [2.75, 3.05) is 0 Å². The van der Waals surface area contributed by atoms with Gasteiger partial charge in [-0.3, -0.25) is 0 Å². The van der Waals surface area contributed by atoms with Gasteiger partial charge in [-0.05, 0) is 46.7 Å². The predicted molar refractivity (Wildman–Crippen MR) is 80.8 cm³/mol. The molecule has 1 aromatic carbocycles. The van der Waals surface area contributed by atoms with Crippen molar-refractivity contribution in [3.63, 3.8) is 0 Å². The van der Waals surface area contributed by atoms with Gasteiger partial charge in [-0.15, -0.1) is 0 Å². The van der Waals surface area contributed by atoms with Crippen LogP contribution in [0.2, 0.25) is 5.02 Å². The number of benzene rings is 1. The van der Waals surface area contributed by atoms with Gasteiger partial charge in [0.1, 0.15) is 0 Å². The number of carboxylic acid groups (broad SMARTS) is 1. The van der Waals surface area contributed by atoms with Gasteiger partial charge in [0.15, 0.2) is 6.10 Å². The number of alkyl halides is 2. The lowest BCUT2D eigenvalue weighted by Crippen LogP contribution is -2.47. The Kier molecular flexibility index (Phi) is 5.92. The summed E-state index contributed by atoms with van der Waals surface area (Å²) in [4.78, 5) is 22.5. The number of hydrogen-bond acceptors (Lipinski definition) is 3. The van der Waals surface area contributed by atoms with Gasteiger partial charge in [-0.1, -0.05) is 25.4 Å². The quantitative estimate of drug-likeness (QED) is 0.567. The fourth-order valence-electron chi connectivity index (χ4n) is 1.56. The number of carbonyl (C=O) groups excluding carboxylic acids is 1. The smallest absolute Gasteiger partial charge is 0.378 e. The van der Waals surface area contributed by atoms with Gasteiger partial charge in [0.2, 0.25) is 0 Å². The van der Waals surface area contributed by atoms with E-state index in [0.29, 0.717) is 8.59 Å². The SMILES string of the molecule is CC(C)C(OC(=O)c1ccc(Cl)c(I)c1)C(F)(F)C(=O)O. The lowest BCUT2D eigenvalue weighted by molar-refractivity contribution is -0.187. The summed E-state index contributed by atoms with van der Waals surface area (Å²) in [5.41, 5.74) is 0.0237. The van der Waals surface area contributed by atoms with Crippen molar-refractivity contribution < 1.29 is 28.2 Å². The first-order valence-corrected chi connectivity index (χ1v) is 7.30. The highest BCUT2D eigenvalue weighted by Gasteiger charge is 2.51. The average molecular weight is 433 g/mol. The molecule has 0 spiro atoms. The average Bonchev–Trinajstić information content (AvgIpc) is 2.38. The van der Waals surface area contributed by atoms with Gasteiger partial charge in [0, 0.05) is 3.57 Å². The molecule has 0 radical (unpaired) electrons. The Bertz CT molecular complexity index is 563. The second-order valence-electron chi connectivity index (χ2n) is 4.63. The van der Waals surface area contributed by atoms with Crippen molar-refractivity contribution in [3.8, 4) is 0 Å². The number of ether oxygens (including phenoxy) is 1. The maximum absolute atomic E-state index is 13.6. The van der Waals surface area contributed by atoms with Gasteiger partial charge in [0.05, 0.1) is 10.6 Å². The molecule has 116 valence electrons. The fourth-order valence-corrected chi connectivity index (χ4v) is 2.19. The largest absolute Gasteiger partial charge is 0.477 e. The zero-order valence-electron chi connectivity index (χ0n) is 11.1. The monoisotopic (exact) mass is 432 g/mol. The summed E-state index contributed by atoms with van der Waals surface area (Å²) in [6, 6.07) is 4.13. The summed E-state index contributed by atoms with van der Waals surface area (Å²) in [5, 5.41) is 8.97. The van der Waals surface area contributed by atoms with Crippen LogP contribution < -0.4 is 0 Å². The Morgan fingerprint density at radius 3 is 2.38 bits per heavy atom. The molecule has 4 nitrogen and oxygen atoms in total. The summed E-state index contributed by atoms with van der Waals surface area (Å²) in [6.45, 7) is 2.70. The topological polar surface area (TPSA) is 63.6 Å². The molecule has 0 fully saturated rings. The lowest BCUT2D eigenvalue weighted by Gasteiger charge is -2.26. The minimum absolute atomic E-state index is 0.0237. The third kappa shape index (κ3) is 4.26. The second kappa shape index (κ2) is 6.87. The molecule has 0 aliphatic carbocycles. The van der Waals surface area contributed by atoms with Crippen LogP contribution >= 0.6 is 34.2 Å². The van der Waals surface area contributed by atoms with E-state index in [9.17, 15) is 18.4 Å². The van der Waals surface area contributed by atoms with E-state index in [1.807, 2.05) is 22.6 Å².